The summed E-state index contributed by atoms with van der Waals surface area (Å²) >= 11 is 6.20. The molecule has 6 nitrogen and oxygen atoms in total. The highest BCUT2D eigenvalue weighted by Gasteiger charge is 2.46. The number of halogens is 1. The summed E-state index contributed by atoms with van der Waals surface area (Å²) in [6.07, 6.45) is 5.54. The molecule has 0 radical (unpaired) electrons. The number of imide groups is 1. The molecule has 2 fully saturated rings. The molecule has 102 valence electrons. The molecule has 2 aliphatic rings. The summed E-state index contributed by atoms with van der Waals surface area (Å²) < 4.78 is 1.77. The van der Waals surface area contributed by atoms with Crippen molar-refractivity contribution in [3.8, 4) is 0 Å². The van der Waals surface area contributed by atoms with Gasteiger partial charge < -0.3 is 4.57 Å². The third kappa shape index (κ3) is 2.00. The van der Waals surface area contributed by atoms with E-state index in [2.05, 4.69) is 10.3 Å². The second kappa shape index (κ2) is 4.52. The highest BCUT2D eigenvalue weighted by atomic mass is 35.5. The van der Waals surface area contributed by atoms with E-state index in [0.717, 1.165) is 6.42 Å². The van der Waals surface area contributed by atoms with E-state index in [4.69, 9.17) is 11.6 Å². The molecule has 1 aliphatic carbocycles. The number of fused-ring (bicyclic) bond motifs is 1. The molecule has 19 heavy (non-hydrogen) atoms. The zero-order chi connectivity index (χ0) is 13.6. The van der Waals surface area contributed by atoms with Crippen molar-refractivity contribution in [3.05, 3.63) is 12.4 Å². The predicted octanol–water partition coefficient (Wildman–Crippen LogP) is 1.25. The number of rotatable bonds is 1. The van der Waals surface area contributed by atoms with Crippen LogP contribution in [-0.4, -0.2) is 32.9 Å². The molecular formula is C12H15ClN4O2. The van der Waals surface area contributed by atoms with Crippen LogP contribution in [0.5, 0.6) is 0 Å². The number of aromatic nitrogens is 2. The van der Waals surface area contributed by atoms with Gasteiger partial charge in [0.25, 0.3) is 0 Å². The molecule has 1 N–H and O–H groups in total. The van der Waals surface area contributed by atoms with E-state index in [0.29, 0.717) is 18.8 Å². The summed E-state index contributed by atoms with van der Waals surface area (Å²) in [4.78, 5) is 29.8. The maximum Gasteiger partial charge on any atom is 0.331 e. The summed E-state index contributed by atoms with van der Waals surface area (Å²) in [6, 6.07) is -0.607. The Bertz CT molecular complexity index is 530. The number of nitrogens with one attached hydrogen (secondary N) is 1. The van der Waals surface area contributed by atoms with E-state index in [9.17, 15) is 9.59 Å². The summed E-state index contributed by atoms with van der Waals surface area (Å²) in [5, 5.41) is 2.41. The fourth-order valence-electron chi connectivity index (χ4n) is 2.93. The van der Waals surface area contributed by atoms with E-state index < -0.39 is 6.03 Å². The Morgan fingerprint density at radius 1 is 1.42 bits per heavy atom. The molecule has 3 atom stereocenters. The van der Waals surface area contributed by atoms with E-state index in [1.165, 1.54) is 0 Å². The van der Waals surface area contributed by atoms with Gasteiger partial charge in [-0.3, -0.25) is 15.0 Å². The third-order valence-electron chi connectivity index (χ3n) is 3.88. The van der Waals surface area contributed by atoms with Gasteiger partial charge in [0, 0.05) is 24.8 Å². The molecular weight excluding hydrogens is 268 g/mol. The average Bonchev–Trinajstić information content (AvgIpc) is 2.75. The van der Waals surface area contributed by atoms with Gasteiger partial charge in [-0.25, -0.2) is 9.78 Å². The number of imidazole rings is 1. The lowest BCUT2D eigenvalue weighted by molar-refractivity contribution is -0.126. The molecule has 3 unspecified atom stereocenters. The van der Waals surface area contributed by atoms with Crippen LogP contribution in [-0.2, 0) is 11.8 Å². The van der Waals surface area contributed by atoms with E-state index >= 15 is 0 Å². The smallest absolute Gasteiger partial charge is 0.320 e. The number of amides is 3. The maximum atomic E-state index is 12.1. The van der Waals surface area contributed by atoms with Crippen LogP contribution >= 0.6 is 11.6 Å². The number of urea groups is 1. The first-order chi connectivity index (χ1) is 9.08. The molecule has 1 aromatic heterocycles. The summed E-state index contributed by atoms with van der Waals surface area (Å²) in [7, 11) is 1.82. The fourth-order valence-corrected chi connectivity index (χ4v) is 3.23. The zero-order valence-corrected chi connectivity index (χ0v) is 11.3. The SMILES string of the molecule is Cn1ccnc1N1C(=O)NC(=O)C2CCC(Cl)CC21. The lowest BCUT2D eigenvalue weighted by atomic mass is 9.81. The third-order valence-corrected chi connectivity index (χ3v) is 4.28. The van der Waals surface area contributed by atoms with Crippen LogP contribution < -0.4 is 10.2 Å². The van der Waals surface area contributed by atoms with Crippen molar-refractivity contribution < 1.29 is 9.59 Å². The number of carbonyl (C=O) groups excluding carboxylic acids is 2. The monoisotopic (exact) mass is 282 g/mol. The van der Waals surface area contributed by atoms with Crippen LogP contribution in [0.2, 0.25) is 0 Å². The highest BCUT2D eigenvalue weighted by molar-refractivity contribution is 6.21. The molecule has 0 bridgehead atoms. The molecule has 0 spiro atoms. The Hall–Kier alpha value is -1.56. The van der Waals surface area contributed by atoms with Crippen molar-refractivity contribution in [1.82, 2.24) is 14.9 Å². The van der Waals surface area contributed by atoms with Crippen molar-refractivity contribution in [1.29, 1.82) is 0 Å². The molecule has 0 aromatic carbocycles. The number of nitrogens with zero attached hydrogens (tertiary/aromatic N) is 3. The van der Waals surface area contributed by atoms with Crippen LogP contribution in [0.3, 0.4) is 0 Å². The minimum atomic E-state index is -0.411. The molecule has 7 heteroatoms. The second-order valence-corrected chi connectivity index (χ2v) is 5.70. The van der Waals surface area contributed by atoms with Gasteiger partial charge in [-0.05, 0) is 19.3 Å². The van der Waals surface area contributed by atoms with E-state index in [1.54, 1.807) is 21.9 Å². The minimum Gasteiger partial charge on any atom is -0.320 e. The van der Waals surface area contributed by atoms with Crippen LogP contribution in [0.4, 0.5) is 10.7 Å². The molecule has 3 rings (SSSR count). The predicted molar refractivity (Wildman–Crippen MR) is 70.0 cm³/mol. The summed E-state index contributed by atoms with van der Waals surface area (Å²) in [6.45, 7) is 0. The Kier molecular flexibility index (Phi) is 2.97. The molecule has 1 saturated heterocycles. The minimum absolute atomic E-state index is 0.00252. The van der Waals surface area contributed by atoms with Gasteiger partial charge in [-0.15, -0.1) is 11.6 Å². The lowest BCUT2D eigenvalue weighted by Gasteiger charge is -2.43. The number of alkyl halides is 1. The van der Waals surface area contributed by atoms with Gasteiger partial charge in [0.2, 0.25) is 11.9 Å². The van der Waals surface area contributed by atoms with E-state index in [1.807, 2.05) is 7.05 Å². The zero-order valence-electron chi connectivity index (χ0n) is 10.5. The van der Waals surface area contributed by atoms with E-state index in [-0.39, 0.29) is 23.2 Å². The number of aryl methyl sites for hydroxylation is 1. The normalized spacial score (nSPS) is 31.1. The number of hydrogen-bond acceptors (Lipinski definition) is 3. The molecule has 1 aliphatic heterocycles. The van der Waals surface area contributed by atoms with Gasteiger partial charge in [0.05, 0.1) is 12.0 Å². The fraction of sp³-hybridized carbons (Fsp3) is 0.583. The van der Waals surface area contributed by atoms with Crippen molar-refractivity contribution in [2.75, 3.05) is 4.90 Å². The topological polar surface area (TPSA) is 67.2 Å². The summed E-state index contributed by atoms with van der Waals surface area (Å²) in [5.41, 5.74) is 0. The molecule has 3 amide bonds. The first kappa shape index (κ1) is 12.5. The first-order valence-electron chi connectivity index (χ1n) is 6.33. The quantitative estimate of drug-likeness (QED) is 0.789. The average molecular weight is 283 g/mol. The van der Waals surface area contributed by atoms with Crippen LogP contribution in [0.25, 0.3) is 0 Å². The number of anilines is 1. The Labute approximate surface area is 115 Å². The molecule has 2 heterocycles. The summed E-state index contributed by atoms with van der Waals surface area (Å²) in [5.74, 6) is 0.166. The van der Waals surface area contributed by atoms with Crippen molar-refractivity contribution in [2.24, 2.45) is 13.0 Å². The highest BCUT2D eigenvalue weighted by Crippen LogP contribution is 2.35. The number of hydrogen-bond donors (Lipinski definition) is 1. The van der Waals surface area contributed by atoms with Crippen LogP contribution in [0, 0.1) is 5.92 Å². The first-order valence-corrected chi connectivity index (χ1v) is 6.77. The van der Waals surface area contributed by atoms with Crippen molar-refractivity contribution in [3.63, 3.8) is 0 Å². The van der Waals surface area contributed by atoms with Crippen LogP contribution in [0.1, 0.15) is 19.3 Å². The second-order valence-electron chi connectivity index (χ2n) is 5.09. The van der Waals surface area contributed by atoms with Gasteiger partial charge in [-0.1, -0.05) is 0 Å². The Morgan fingerprint density at radius 2 is 2.21 bits per heavy atom. The molecule has 1 saturated carbocycles. The van der Waals surface area contributed by atoms with Gasteiger partial charge in [0.1, 0.15) is 0 Å². The van der Waals surface area contributed by atoms with Gasteiger partial charge in [-0.2, -0.15) is 0 Å². The molecule has 1 aromatic rings. The van der Waals surface area contributed by atoms with Gasteiger partial charge in [0.15, 0.2) is 0 Å². The van der Waals surface area contributed by atoms with Crippen molar-refractivity contribution in [2.45, 2.75) is 30.7 Å². The van der Waals surface area contributed by atoms with Crippen LogP contribution in [0.15, 0.2) is 12.4 Å². The maximum absolute atomic E-state index is 12.1. The standard InChI is InChI=1S/C12H15ClN4O2/c1-16-5-4-14-11(16)17-9-6-7(13)2-3-8(9)10(18)15-12(17)19/h4-5,7-9H,2-3,6H2,1H3,(H,15,18,19). The Balaban J connectivity index is 1.99. The van der Waals surface area contributed by atoms with Gasteiger partial charge >= 0.3 is 6.03 Å². The lowest BCUT2D eigenvalue weighted by Crippen LogP contribution is -2.62. The number of carbonyl (C=O) groups is 2. The largest absolute Gasteiger partial charge is 0.331 e. The Morgan fingerprint density at radius 3 is 2.89 bits per heavy atom. The van der Waals surface area contributed by atoms with Crippen molar-refractivity contribution >= 4 is 29.5 Å².